The van der Waals surface area contributed by atoms with Gasteiger partial charge in [0.05, 0.1) is 22.0 Å². The zero-order valence-electron chi connectivity index (χ0n) is 16.4. The number of halogens is 4. The molecule has 0 saturated heterocycles. The molecule has 0 aliphatic heterocycles. The van der Waals surface area contributed by atoms with Gasteiger partial charge in [-0.25, -0.2) is 8.42 Å². The maximum absolute atomic E-state index is 13.0. The van der Waals surface area contributed by atoms with Crippen LogP contribution in [0, 0.1) is 0 Å². The Morgan fingerprint density at radius 2 is 1.80 bits per heavy atom. The highest BCUT2D eigenvalue weighted by atomic mass is 35.5. The Balaban J connectivity index is 2.00. The summed E-state index contributed by atoms with van der Waals surface area (Å²) in [4.78, 5) is 11.6. The van der Waals surface area contributed by atoms with Crippen molar-refractivity contribution >= 4 is 27.5 Å². The second kappa shape index (κ2) is 9.80. The number of hydrogen-bond acceptors (Lipinski definition) is 3. The third-order valence-corrected chi connectivity index (χ3v) is 6.56. The highest BCUT2D eigenvalue weighted by Gasteiger charge is 2.35. The van der Waals surface area contributed by atoms with E-state index in [0.29, 0.717) is 16.8 Å². The van der Waals surface area contributed by atoms with Gasteiger partial charge >= 0.3 is 6.18 Å². The summed E-state index contributed by atoms with van der Waals surface area (Å²) in [5.41, 5.74) is -0.140. The van der Waals surface area contributed by atoms with Gasteiger partial charge in [-0.15, -0.1) is 0 Å². The van der Waals surface area contributed by atoms with E-state index in [1.807, 2.05) is 30.3 Å². The number of sulfonamides is 1. The largest absolute Gasteiger partial charge is 0.417 e. The van der Waals surface area contributed by atoms with E-state index < -0.39 is 44.1 Å². The molecule has 164 valence electrons. The van der Waals surface area contributed by atoms with Crippen molar-refractivity contribution < 1.29 is 26.4 Å². The molecule has 0 heterocycles. The van der Waals surface area contributed by atoms with E-state index in [9.17, 15) is 26.4 Å². The second-order valence-corrected chi connectivity index (χ2v) is 9.35. The molecule has 10 heteroatoms. The molecule has 1 amide bonds. The number of likely N-dealkylation sites (N-methyl/N-ethyl adjacent to an activating group) is 1. The van der Waals surface area contributed by atoms with Crippen LogP contribution in [0.4, 0.5) is 13.2 Å². The summed E-state index contributed by atoms with van der Waals surface area (Å²) in [7, 11) is -3.18. The van der Waals surface area contributed by atoms with Gasteiger partial charge in [-0.3, -0.25) is 4.79 Å². The number of aryl methyl sites for hydroxylation is 1. The number of benzene rings is 2. The molecule has 0 bridgehead atoms. The van der Waals surface area contributed by atoms with Crippen LogP contribution in [0.1, 0.15) is 24.5 Å². The first kappa shape index (κ1) is 24.2. The van der Waals surface area contributed by atoms with Crippen molar-refractivity contribution in [2.75, 3.05) is 13.6 Å². The van der Waals surface area contributed by atoms with Gasteiger partial charge in [-0.1, -0.05) is 41.9 Å². The summed E-state index contributed by atoms with van der Waals surface area (Å²) in [6, 6.07) is 11.8. The van der Waals surface area contributed by atoms with Crippen LogP contribution in [0.25, 0.3) is 0 Å². The molecule has 0 aliphatic rings. The van der Waals surface area contributed by atoms with E-state index in [1.54, 1.807) is 6.92 Å². The summed E-state index contributed by atoms with van der Waals surface area (Å²) in [6.45, 7) is 1.27. The first-order valence-corrected chi connectivity index (χ1v) is 10.9. The second-order valence-electron chi connectivity index (χ2n) is 6.89. The van der Waals surface area contributed by atoms with Gasteiger partial charge in [0.2, 0.25) is 15.9 Å². The Morgan fingerprint density at radius 3 is 2.40 bits per heavy atom. The molecule has 2 rings (SSSR count). The van der Waals surface area contributed by atoms with Crippen LogP contribution in [0.3, 0.4) is 0 Å². The van der Waals surface area contributed by atoms with E-state index in [1.165, 1.54) is 0 Å². The lowest BCUT2D eigenvalue weighted by Gasteiger charge is -2.20. The Kier molecular flexibility index (Phi) is 7.90. The summed E-state index contributed by atoms with van der Waals surface area (Å²) < 4.78 is 64.9. The predicted molar refractivity (Wildman–Crippen MR) is 109 cm³/mol. The zero-order chi connectivity index (χ0) is 22.5. The van der Waals surface area contributed by atoms with Gasteiger partial charge < -0.3 is 5.32 Å². The van der Waals surface area contributed by atoms with Gasteiger partial charge in [-0.05, 0) is 43.5 Å². The van der Waals surface area contributed by atoms with E-state index in [0.717, 1.165) is 31.2 Å². The Bertz CT molecular complexity index is 983. The molecule has 2 aromatic carbocycles. The Morgan fingerprint density at radius 1 is 1.17 bits per heavy atom. The molecule has 30 heavy (non-hydrogen) atoms. The quantitative estimate of drug-likeness (QED) is 0.641. The maximum Gasteiger partial charge on any atom is 0.417 e. The van der Waals surface area contributed by atoms with E-state index in [2.05, 4.69) is 5.32 Å². The minimum absolute atomic E-state index is 0.207. The molecule has 0 unspecified atom stereocenters. The lowest BCUT2D eigenvalue weighted by atomic mass is 10.1. The predicted octanol–water partition coefficient (Wildman–Crippen LogP) is 4.12. The van der Waals surface area contributed by atoms with E-state index >= 15 is 0 Å². The zero-order valence-corrected chi connectivity index (χ0v) is 18.0. The van der Waals surface area contributed by atoms with Gasteiger partial charge in [0, 0.05) is 13.1 Å². The van der Waals surface area contributed by atoms with Crippen molar-refractivity contribution in [2.24, 2.45) is 0 Å². The minimum Gasteiger partial charge on any atom is -0.352 e. The van der Waals surface area contributed by atoms with Gasteiger partial charge in [-0.2, -0.15) is 17.5 Å². The van der Waals surface area contributed by atoms with Crippen LogP contribution in [0.2, 0.25) is 5.02 Å². The van der Waals surface area contributed by atoms with Gasteiger partial charge in [0.25, 0.3) is 0 Å². The molecule has 1 N–H and O–H groups in total. The third kappa shape index (κ3) is 6.45. The fraction of sp³-hybridized carbons (Fsp3) is 0.350. The fourth-order valence-electron chi connectivity index (χ4n) is 2.77. The van der Waals surface area contributed by atoms with Crippen LogP contribution in [-0.2, 0) is 27.4 Å². The number of amides is 1. The first-order valence-electron chi connectivity index (χ1n) is 9.07. The number of alkyl halides is 3. The number of hydrogen-bond donors (Lipinski definition) is 1. The topological polar surface area (TPSA) is 66.5 Å². The molecule has 2 aromatic rings. The average Bonchev–Trinajstić information content (AvgIpc) is 2.66. The lowest BCUT2D eigenvalue weighted by Crippen LogP contribution is -2.41. The van der Waals surface area contributed by atoms with Crippen molar-refractivity contribution in [3.8, 4) is 0 Å². The molecule has 0 spiro atoms. The number of nitrogens with zero attached hydrogens (tertiary/aromatic N) is 1. The molecule has 0 aromatic heterocycles. The summed E-state index contributed by atoms with van der Waals surface area (Å²) in [5, 5.41) is 2.10. The smallest absolute Gasteiger partial charge is 0.352 e. The molecule has 0 radical (unpaired) electrons. The SMILES string of the molecule is C[C@@H](CCc1ccccc1)NC(=O)CN(C)S(=O)(=O)c1ccc(Cl)c(C(F)(F)F)c1. The van der Waals surface area contributed by atoms with Crippen LogP contribution in [0.5, 0.6) is 0 Å². The Labute approximate surface area is 178 Å². The monoisotopic (exact) mass is 462 g/mol. The summed E-state index contributed by atoms with van der Waals surface area (Å²) in [5.74, 6) is -0.549. The molecule has 1 atom stereocenters. The van der Waals surface area contributed by atoms with E-state index in [-0.39, 0.29) is 6.04 Å². The molecule has 0 fully saturated rings. The summed E-state index contributed by atoms with van der Waals surface area (Å²) in [6.07, 6.45) is -3.41. The fourth-order valence-corrected chi connectivity index (χ4v) is 4.15. The number of rotatable bonds is 8. The van der Waals surface area contributed by atoms with Crippen molar-refractivity contribution in [1.82, 2.24) is 9.62 Å². The van der Waals surface area contributed by atoms with Crippen molar-refractivity contribution in [3.63, 3.8) is 0 Å². The minimum atomic E-state index is -4.80. The van der Waals surface area contributed by atoms with Gasteiger partial charge in [0.15, 0.2) is 0 Å². The number of carbonyl (C=O) groups is 1. The first-order chi connectivity index (χ1) is 13.9. The molecular weight excluding hydrogens is 441 g/mol. The third-order valence-electron chi connectivity index (χ3n) is 4.43. The van der Waals surface area contributed by atoms with Crippen LogP contribution < -0.4 is 5.32 Å². The molecular formula is C20H22ClF3N2O3S. The van der Waals surface area contributed by atoms with E-state index in [4.69, 9.17) is 11.6 Å². The van der Waals surface area contributed by atoms with Crippen molar-refractivity contribution in [2.45, 2.75) is 36.9 Å². The average molecular weight is 463 g/mol. The Hall–Kier alpha value is -2.10. The molecule has 0 saturated carbocycles. The molecule has 5 nitrogen and oxygen atoms in total. The highest BCUT2D eigenvalue weighted by Crippen LogP contribution is 2.36. The van der Waals surface area contributed by atoms with Crippen molar-refractivity contribution in [1.29, 1.82) is 0 Å². The number of carbonyl (C=O) groups excluding carboxylic acids is 1. The van der Waals surface area contributed by atoms with Crippen LogP contribution in [-0.4, -0.2) is 38.3 Å². The highest BCUT2D eigenvalue weighted by molar-refractivity contribution is 7.89. The molecule has 0 aliphatic carbocycles. The standard InChI is InChI=1S/C20H22ClF3N2O3S/c1-14(8-9-15-6-4-3-5-7-15)25-19(27)13-26(2)30(28,29)16-10-11-18(21)17(12-16)20(22,23)24/h3-7,10-12,14H,8-9,13H2,1-2H3,(H,25,27)/t14-/m0/s1. The normalized spacial score (nSPS) is 13.3. The maximum atomic E-state index is 13.0. The van der Waals surface area contributed by atoms with Crippen LogP contribution >= 0.6 is 11.6 Å². The lowest BCUT2D eigenvalue weighted by molar-refractivity contribution is -0.137. The van der Waals surface area contributed by atoms with Crippen molar-refractivity contribution in [3.05, 3.63) is 64.7 Å². The van der Waals surface area contributed by atoms with Gasteiger partial charge in [0.1, 0.15) is 0 Å². The van der Waals surface area contributed by atoms with Crippen LogP contribution in [0.15, 0.2) is 53.4 Å². The number of nitrogens with one attached hydrogen (secondary N) is 1. The summed E-state index contributed by atoms with van der Waals surface area (Å²) >= 11 is 5.53.